The zero-order chi connectivity index (χ0) is 18.5. The zero-order valence-corrected chi connectivity index (χ0v) is 16.5. The van der Waals surface area contributed by atoms with Gasteiger partial charge in [-0.25, -0.2) is 0 Å². The van der Waals surface area contributed by atoms with Gasteiger partial charge in [-0.1, -0.05) is 6.07 Å². The van der Waals surface area contributed by atoms with Gasteiger partial charge in [0.2, 0.25) is 0 Å². The van der Waals surface area contributed by atoms with Crippen LogP contribution >= 0.6 is 11.3 Å². The van der Waals surface area contributed by atoms with E-state index in [1.165, 1.54) is 4.88 Å². The molecule has 0 aliphatic carbocycles. The molecule has 1 aromatic heterocycles. The molecule has 1 aliphatic rings. The second kappa shape index (κ2) is 8.66. The van der Waals surface area contributed by atoms with Crippen LogP contribution in [0.4, 0.5) is 0 Å². The fourth-order valence-electron chi connectivity index (χ4n) is 3.41. The van der Waals surface area contributed by atoms with Crippen molar-refractivity contribution in [3.63, 3.8) is 0 Å². The second-order valence-corrected chi connectivity index (χ2v) is 7.77. The van der Waals surface area contributed by atoms with Gasteiger partial charge >= 0.3 is 0 Å². The largest absolute Gasteiger partial charge is 0.497 e. The molecule has 2 aromatic rings. The summed E-state index contributed by atoms with van der Waals surface area (Å²) in [6.07, 6.45) is 0. The van der Waals surface area contributed by atoms with E-state index >= 15 is 0 Å². The number of carbonyl (C=O) groups is 1. The van der Waals surface area contributed by atoms with Crippen molar-refractivity contribution in [1.29, 1.82) is 0 Å². The number of carbonyl (C=O) groups excluding carboxylic acids is 1. The van der Waals surface area contributed by atoms with Gasteiger partial charge in [-0.2, -0.15) is 0 Å². The number of methoxy groups -OCH3 is 1. The van der Waals surface area contributed by atoms with Crippen molar-refractivity contribution in [3.8, 4) is 5.75 Å². The predicted octanol–water partition coefficient (Wildman–Crippen LogP) is 2.86. The van der Waals surface area contributed by atoms with Crippen LogP contribution in [0.15, 0.2) is 41.8 Å². The van der Waals surface area contributed by atoms with Crippen LogP contribution in [0.3, 0.4) is 0 Å². The van der Waals surface area contributed by atoms with E-state index in [9.17, 15) is 4.79 Å². The van der Waals surface area contributed by atoms with E-state index in [1.54, 1.807) is 30.6 Å². The topological polar surface area (TPSA) is 44.8 Å². The number of piperazine rings is 1. The maximum atomic E-state index is 12.7. The first-order valence-electron chi connectivity index (χ1n) is 8.99. The summed E-state index contributed by atoms with van der Waals surface area (Å²) in [4.78, 5) is 18.8. The van der Waals surface area contributed by atoms with Crippen LogP contribution in [0.1, 0.15) is 28.2 Å². The summed E-state index contributed by atoms with van der Waals surface area (Å²) in [6, 6.07) is 11.7. The second-order valence-electron chi connectivity index (χ2n) is 6.79. The number of benzene rings is 1. The molecule has 0 unspecified atom stereocenters. The third-order valence-corrected chi connectivity index (χ3v) is 5.89. The van der Waals surface area contributed by atoms with E-state index in [4.69, 9.17) is 4.74 Å². The highest BCUT2D eigenvalue weighted by Gasteiger charge is 2.30. The molecule has 0 saturated carbocycles. The minimum atomic E-state index is -0.0455. The molecule has 1 saturated heterocycles. The number of nitrogens with zero attached hydrogens (tertiary/aromatic N) is 2. The molecule has 1 amide bonds. The fraction of sp³-hybridized carbons (Fsp3) is 0.450. The number of rotatable bonds is 6. The average Bonchev–Trinajstić information content (AvgIpc) is 3.17. The smallest absolute Gasteiger partial charge is 0.251 e. The van der Waals surface area contributed by atoms with Gasteiger partial charge in [0.15, 0.2) is 0 Å². The summed E-state index contributed by atoms with van der Waals surface area (Å²) in [5.41, 5.74) is 0.654. The Kier molecular flexibility index (Phi) is 6.29. The lowest BCUT2D eigenvalue weighted by Gasteiger charge is -2.40. The van der Waals surface area contributed by atoms with Crippen molar-refractivity contribution in [3.05, 3.63) is 52.2 Å². The highest BCUT2D eigenvalue weighted by Crippen LogP contribution is 2.29. The monoisotopic (exact) mass is 373 g/mol. The summed E-state index contributed by atoms with van der Waals surface area (Å²) < 4.78 is 5.16. The molecule has 26 heavy (non-hydrogen) atoms. The molecule has 1 aliphatic heterocycles. The lowest BCUT2D eigenvalue weighted by atomic mass is 10.0. The summed E-state index contributed by atoms with van der Waals surface area (Å²) >= 11 is 1.76. The van der Waals surface area contributed by atoms with Crippen molar-refractivity contribution in [2.24, 2.45) is 0 Å². The van der Waals surface area contributed by atoms with Crippen LogP contribution < -0.4 is 10.1 Å². The minimum absolute atomic E-state index is 0.0201. The molecule has 1 N–H and O–H groups in total. The normalized spacial score (nSPS) is 18.3. The van der Waals surface area contributed by atoms with E-state index in [0.29, 0.717) is 5.56 Å². The Hall–Kier alpha value is -1.89. The molecular weight excluding hydrogens is 346 g/mol. The molecule has 140 valence electrons. The third-order valence-electron chi connectivity index (χ3n) is 4.95. The third kappa shape index (κ3) is 4.44. The van der Waals surface area contributed by atoms with Gasteiger partial charge in [-0.15, -0.1) is 11.3 Å². The SMILES string of the molecule is COc1ccc(C(=O)N[C@H](C)[C@@H](c2cccs2)N2CCN(C)CC2)cc1. The standard InChI is InChI=1S/C20H27N3O2S/c1-15(21-20(24)16-6-8-17(25-3)9-7-16)19(18-5-4-14-26-18)23-12-10-22(2)11-13-23/h4-9,14-15,19H,10-13H2,1-3H3,(H,21,24)/t15-,19+/m1/s1. The summed E-state index contributed by atoms with van der Waals surface area (Å²) in [7, 11) is 3.78. The van der Waals surface area contributed by atoms with Crippen LogP contribution in [0, 0.1) is 0 Å². The van der Waals surface area contributed by atoms with Gasteiger partial charge in [0, 0.05) is 42.7 Å². The Balaban J connectivity index is 1.72. The summed E-state index contributed by atoms with van der Waals surface area (Å²) in [5, 5.41) is 5.31. The van der Waals surface area contributed by atoms with Crippen molar-refractivity contribution < 1.29 is 9.53 Å². The van der Waals surface area contributed by atoms with E-state index < -0.39 is 0 Å². The molecule has 6 heteroatoms. The van der Waals surface area contributed by atoms with Crippen molar-refractivity contribution >= 4 is 17.2 Å². The maximum Gasteiger partial charge on any atom is 0.251 e. The highest BCUT2D eigenvalue weighted by atomic mass is 32.1. The van der Waals surface area contributed by atoms with Gasteiger partial charge < -0.3 is 15.0 Å². The molecule has 0 bridgehead atoms. The Morgan fingerprint density at radius 1 is 1.15 bits per heavy atom. The van der Waals surface area contributed by atoms with E-state index in [-0.39, 0.29) is 18.0 Å². The van der Waals surface area contributed by atoms with Crippen molar-refractivity contribution in [2.45, 2.75) is 19.0 Å². The molecular formula is C20H27N3O2S. The molecule has 2 heterocycles. The van der Waals surface area contributed by atoms with Gasteiger partial charge in [0.05, 0.1) is 13.2 Å². The van der Waals surface area contributed by atoms with Crippen LogP contribution in [-0.2, 0) is 0 Å². The molecule has 3 rings (SSSR count). The highest BCUT2D eigenvalue weighted by molar-refractivity contribution is 7.10. The quantitative estimate of drug-likeness (QED) is 0.846. The van der Waals surface area contributed by atoms with Gasteiger partial charge in [-0.05, 0) is 49.7 Å². The first kappa shape index (κ1) is 18.9. The zero-order valence-electron chi connectivity index (χ0n) is 15.6. The van der Waals surface area contributed by atoms with Crippen molar-refractivity contribution in [2.75, 3.05) is 40.3 Å². The summed E-state index contributed by atoms with van der Waals surface area (Å²) in [5.74, 6) is 0.708. The maximum absolute atomic E-state index is 12.7. The van der Waals surface area contributed by atoms with Crippen LogP contribution in [0.25, 0.3) is 0 Å². The average molecular weight is 374 g/mol. The Bertz CT molecular complexity index is 694. The van der Waals surface area contributed by atoms with Crippen LogP contribution in [-0.4, -0.2) is 62.1 Å². The minimum Gasteiger partial charge on any atom is -0.497 e. The molecule has 0 radical (unpaired) electrons. The lowest BCUT2D eigenvalue weighted by molar-refractivity contribution is 0.0799. The van der Waals surface area contributed by atoms with Gasteiger partial charge in [0.1, 0.15) is 5.75 Å². The number of likely N-dealkylation sites (N-methyl/N-ethyl adjacent to an activating group) is 1. The van der Waals surface area contributed by atoms with Crippen molar-refractivity contribution in [1.82, 2.24) is 15.1 Å². The van der Waals surface area contributed by atoms with Gasteiger partial charge in [-0.3, -0.25) is 9.69 Å². The van der Waals surface area contributed by atoms with E-state index in [2.05, 4.69) is 46.6 Å². The molecule has 5 nitrogen and oxygen atoms in total. The number of amides is 1. The molecule has 0 spiro atoms. The Labute approximate surface area is 159 Å². The summed E-state index contributed by atoms with van der Waals surface area (Å²) in [6.45, 7) is 6.25. The predicted molar refractivity (Wildman–Crippen MR) is 106 cm³/mol. The first-order valence-corrected chi connectivity index (χ1v) is 9.87. The number of ether oxygens (including phenoxy) is 1. The number of thiophene rings is 1. The number of nitrogens with one attached hydrogen (secondary N) is 1. The number of hydrogen-bond donors (Lipinski definition) is 1. The fourth-order valence-corrected chi connectivity index (χ4v) is 4.38. The van der Waals surface area contributed by atoms with Crippen LogP contribution in [0.2, 0.25) is 0 Å². The lowest BCUT2D eigenvalue weighted by Crippen LogP contribution is -2.51. The molecule has 1 fully saturated rings. The van der Waals surface area contributed by atoms with Gasteiger partial charge in [0.25, 0.3) is 5.91 Å². The molecule has 1 aromatic carbocycles. The first-order chi connectivity index (χ1) is 12.6. The Morgan fingerprint density at radius 2 is 1.85 bits per heavy atom. The van der Waals surface area contributed by atoms with E-state index in [1.807, 2.05) is 12.1 Å². The number of hydrogen-bond acceptors (Lipinski definition) is 5. The molecule has 2 atom stereocenters. The van der Waals surface area contributed by atoms with Crippen LogP contribution in [0.5, 0.6) is 5.75 Å². The van der Waals surface area contributed by atoms with E-state index in [0.717, 1.165) is 31.9 Å². The Morgan fingerprint density at radius 3 is 2.42 bits per heavy atom.